The average Bonchev–Trinajstić information content (AvgIpc) is 3.06. The van der Waals surface area contributed by atoms with E-state index < -0.39 is 6.03 Å². The van der Waals surface area contributed by atoms with E-state index in [4.69, 9.17) is 0 Å². The fraction of sp³-hybridized carbons (Fsp3) is 0.429. The first kappa shape index (κ1) is 14.7. The van der Waals surface area contributed by atoms with Crippen LogP contribution in [-0.2, 0) is 4.79 Å². The molecule has 2 rings (SSSR count). The van der Waals surface area contributed by atoms with E-state index in [9.17, 15) is 9.59 Å². The van der Waals surface area contributed by atoms with Crippen LogP contribution in [0.3, 0.4) is 0 Å². The van der Waals surface area contributed by atoms with Gasteiger partial charge >= 0.3 is 6.03 Å². The first-order valence-electron chi connectivity index (χ1n) is 6.66. The van der Waals surface area contributed by atoms with Crippen LogP contribution < -0.4 is 10.6 Å². The molecule has 6 heteroatoms. The molecule has 1 aromatic heterocycles. The van der Waals surface area contributed by atoms with Crippen LogP contribution in [0.4, 0.5) is 4.79 Å². The van der Waals surface area contributed by atoms with Gasteiger partial charge in [-0.15, -0.1) is 17.9 Å². The van der Waals surface area contributed by atoms with E-state index >= 15 is 0 Å². The zero-order valence-electron chi connectivity index (χ0n) is 11.3. The Morgan fingerprint density at radius 3 is 3.10 bits per heavy atom. The van der Waals surface area contributed by atoms with Crippen molar-refractivity contribution in [3.05, 3.63) is 35.0 Å². The number of nitrogens with zero attached hydrogens (tertiary/aromatic N) is 1. The third-order valence-electron chi connectivity index (χ3n) is 3.24. The Hall–Kier alpha value is -1.66. The van der Waals surface area contributed by atoms with Crippen LogP contribution in [0.1, 0.15) is 23.8 Å². The standard InChI is InChI=1S/C14H19N3O2S/c1-2-7-15-14(19)16-13(18)10-17-8-3-5-11(17)12-6-4-9-20-12/h2,4,6,9,11H,1,3,5,7-8,10H2,(H2,15,16,18,19). The van der Waals surface area contributed by atoms with Crippen molar-refractivity contribution in [2.24, 2.45) is 0 Å². The van der Waals surface area contributed by atoms with Crippen LogP contribution in [0.5, 0.6) is 0 Å². The van der Waals surface area contributed by atoms with Crippen molar-refractivity contribution < 1.29 is 9.59 Å². The van der Waals surface area contributed by atoms with Gasteiger partial charge in [0.05, 0.1) is 6.54 Å². The molecule has 0 saturated carbocycles. The number of nitrogens with one attached hydrogen (secondary N) is 2. The normalized spacial score (nSPS) is 18.7. The van der Waals surface area contributed by atoms with Gasteiger partial charge in [-0.25, -0.2) is 4.79 Å². The summed E-state index contributed by atoms with van der Waals surface area (Å²) in [6.07, 6.45) is 3.71. The zero-order chi connectivity index (χ0) is 14.4. The van der Waals surface area contributed by atoms with E-state index in [0.29, 0.717) is 12.6 Å². The molecule has 1 aromatic rings. The molecule has 0 bridgehead atoms. The predicted octanol–water partition coefficient (Wildman–Crippen LogP) is 1.90. The zero-order valence-corrected chi connectivity index (χ0v) is 12.1. The third-order valence-corrected chi connectivity index (χ3v) is 4.22. The van der Waals surface area contributed by atoms with Crippen LogP contribution in [0.15, 0.2) is 30.2 Å². The highest BCUT2D eigenvalue weighted by Gasteiger charge is 2.28. The van der Waals surface area contributed by atoms with E-state index in [-0.39, 0.29) is 12.5 Å². The largest absolute Gasteiger partial charge is 0.334 e. The second-order valence-corrected chi connectivity index (χ2v) is 5.67. The van der Waals surface area contributed by atoms with Gasteiger partial charge in [0.15, 0.2) is 0 Å². The lowest BCUT2D eigenvalue weighted by molar-refractivity contribution is -0.121. The summed E-state index contributed by atoms with van der Waals surface area (Å²) in [6.45, 7) is 4.99. The summed E-state index contributed by atoms with van der Waals surface area (Å²) in [5.41, 5.74) is 0. The summed E-state index contributed by atoms with van der Waals surface area (Å²) < 4.78 is 0. The molecule has 0 radical (unpaired) electrons. The van der Waals surface area contributed by atoms with Gasteiger partial charge in [-0.05, 0) is 30.8 Å². The highest BCUT2D eigenvalue weighted by molar-refractivity contribution is 7.10. The van der Waals surface area contributed by atoms with E-state index in [1.807, 2.05) is 6.07 Å². The van der Waals surface area contributed by atoms with Crippen LogP contribution >= 0.6 is 11.3 Å². The minimum atomic E-state index is -0.471. The van der Waals surface area contributed by atoms with Gasteiger partial charge in [0.1, 0.15) is 0 Å². The summed E-state index contributed by atoms with van der Waals surface area (Å²) >= 11 is 1.71. The van der Waals surface area contributed by atoms with Crippen LogP contribution in [0.2, 0.25) is 0 Å². The Morgan fingerprint density at radius 2 is 2.40 bits per heavy atom. The quantitative estimate of drug-likeness (QED) is 0.815. The molecule has 0 aromatic carbocycles. The number of amides is 3. The van der Waals surface area contributed by atoms with Gasteiger partial charge in [-0.1, -0.05) is 12.1 Å². The van der Waals surface area contributed by atoms with Crippen molar-refractivity contribution in [1.29, 1.82) is 0 Å². The van der Waals surface area contributed by atoms with Crippen molar-refractivity contribution in [3.8, 4) is 0 Å². The van der Waals surface area contributed by atoms with Crippen molar-refractivity contribution in [2.75, 3.05) is 19.6 Å². The third kappa shape index (κ3) is 3.91. The molecular weight excluding hydrogens is 274 g/mol. The highest BCUT2D eigenvalue weighted by atomic mass is 32.1. The van der Waals surface area contributed by atoms with Crippen molar-refractivity contribution in [1.82, 2.24) is 15.5 Å². The smallest absolute Gasteiger partial charge is 0.321 e. The van der Waals surface area contributed by atoms with Gasteiger partial charge in [0, 0.05) is 17.5 Å². The molecule has 1 atom stereocenters. The Labute approximate surface area is 122 Å². The minimum absolute atomic E-state index is 0.254. The molecule has 0 aliphatic carbocycles. The molecule has 0 spiro atoms. The number of carbonyl (C=O) groups excluding carboxylic acids is 2. The van der Waals surface area contributed by atoms with E-state index in [0.717, 1.165) is 19.4 Å². The SMILES string of the molecule is C=CCNC(=O)NC(=O)CN1CCCC1c1cccs1. The molecule has 108 valence electrons. The van der Waals surface area contributed by atoms with Gasteiger partial charge in [-0.3, -0.25) is 15.0 Å². The molecule has 2 N–H and O–H groups in total. The Balaban J connectivity index is 1.84. The summed E-state index contributed by atoms with van der Waals surface area (Å²) in [6, 6.07) is 3.96. The molecule has 5 nitrogen and oxygen atoms in total. The van der Waals surface area contributed by atoms with Crippen molar-refractivity contribution >= 4 is 23.3 Å². The van der Waals surface area contributed by atoms with Crippen molar-refractivity contribution in [2.45, 2.75) is 18.9 Å². The molecule has 1 unspecified atom stereocenters. The van der Waals surface area contributed by atoms with E-state index in [1.165, 1.54) is 4.88 Å². The molecule has 3 amide bonds. The number of hydrogen-bond acceptors (Lipinski definition) is 4. The maximum Gasteiger partial charge on any atom is 0.321 e. The number of hydrogen-bond donors (Lipinski definition) is 2. The first-order chi connectivity index (χ1) is 9.70. The first-order valence-corrected chi connectivity index (χ1v) is 7.54. The molecule has 1 fully saturated rings. The van der Waals surface area contributed by atoms with Gasteiger partial charge in [0.2, 0.25) is 5.91 Å². The number of imide groups is 1. The Bertz CT molecular complexity index is 473. The fourth-order valence-corrected chi connectivity index (χ4v) is 3.27. The lowest BCUT2D eigenvalue weighted by Crippen LogP contribution is -2.44. The highest BCUT2D eigenvalue weighted by Crippen LogP contribution is 2.33. The maximum absolute atomic E-state index is 11.9. The van der Waals surface area contributed by atoms with Gasteiger partial charge in [-0.2, -0.15) is 0 Å². The molecule has 1 aliphatic rings. The van der Waals surface area contributed by atoms with Crippen molar-refractivity contribution in [3.63, 3.8) is 0 Å². The summed E-state index contributed by atoms with van der Waals surface area (Å²) in [5.74, 6) is -0.269. The molecule has 2 heterocycles. The number of likely N-dealkylation sites (tertiary alicyclic amines) is 1. The van der Waals surface area contributed by atoms with Gasteiger partial charge < -0.3 is 5.32 Å². The Morgan fingerprint density at radius 1 is 1.55 bits per heavy atom. The summed E-state index contributed by atoms with van der Waals surface area (Å²) in [5, 5.41) is 6.90. The van der Waals surface area contributed by atoms with Crippen LogP contribution in [0.25, 0.3) is 0 Å². The van der Waals surface area contributed by atoms with Crippen LogP contribution in [0, 0.1) is 0 Å². The van der Waals surface area contributed by atoms with E-state index in [2.05, 4.69) is 33.6 Å². The van der Waals surface area contributed by atoms with Gasteiger partial charge in [0.25, 0.3) is 0 Å². The lowest BCUT2D eigenvalue weighted by atomic mass is 10.2. The predicted molar refractivity (Wildman–Crippen MR) is 79.6 cm³/mol. The maximum atomic E-state index is 11.9. The number of thiophene rings is 1. The van der Waals surface area contributed by atoms with E-state index in [1.54, 1.807) is 17.4 Å². The summed E-state index contributed by atoms with van der Waals surface area (Å²) in [7, 11) is 0. The lowest BCUT2D eigenvalue weighted by Gasteiger charge is -2.22. The number of rotatable bonds is 5. The second-order valence-electron chi connectivity index (χ2n) is 4.69. The molecule has 1 saturated heterocycles. The number of carbonyl (C=O) groups is 2. The summed E-state index contributed by atoms with van der Waals surface area (Å²) in [4.78, 5) is 26.7. The molecular formula is C14H19N3O2S. The monoisotopic (exact) mass is 293 g/mol. The van der Waals surface area contributed by atoms with Crippen LogP contribution in [-0.4, -0.2) is 36.5 Å². The topological polar surface area (TPSA) is 61.4 Å². The fourth-order valence-electron chi connectivity index (χ4n) is 2.38. The average molecular weight is 293 g/mol. The second kappa shape index (κ2) is 7.21. The molecule has 1 aliphatic heterocycles. The Kier molecular flexibility index (Phi) is 5.31. The minimum Gasteiger partial charge on any atom is -0.334 e. The number of urea groups is 1. The molecule has 20 heavy (non-hydrogen) atoms.